The van der Waals surface area contributed by atoms with E-state index in [1.807, 2.05) is 0 Å². The predicted octanol–water partition coefficient (Wildman–Crippen LogP) is 3.57. The molecule has 0 unspecified atom stereocenters. The molecule has 2 heterocycles. The summed E-state index contributed by atoms with van der Waals surface area (Å²) in [7, 11) is -3.90. The number of hydrogen-bond donors (Lipinski definition) is 2. The van der Waals surface area contributed by atoms with Crippen LogP contribution < -0.4 is 10.0 Å². The number of pyridine rings is 1. The van der Waals surface area contributed by atoms with Crippen molar-refractivity contribution in [3.8, 4) is 0 Å². The number of amides is 2. The molecule has 2 amide bonds. The van der Waals surface area contributed by atoms with Gasteiger partial charge in [0.1, 0.15) is 0 Å². The van der Waals surface area contributed by atoms with E-state index in [1.165, 1.54) is 24.3 Å². The molecule has 3 aromatic rings. The fraction of sp³-hybridized carbons (Fsp3) is 0.208. The van der Waals surface area contributed by atoms with Gasteiger partial charge in [-0.2, -0.15) is 0 Å². The Kier molecular flexibility index (Phi) is 7.14. The number of nitrogens with one attached hydrogen (secondary N) is 2. The Balaban J connectivity index is 1.40. The van der Waals surface area contributed by atoms with Crippen LogP contribution in [0.3, 0.4) is 0 Å². The summed E-state index contributed by atoms with van der Waals surface area (Å²) in [5, 5.41) is 3.39. The molecule has 0 saturated carbocycles. The van der Waals surface area contributed by atoms with Gasteiger partial charge in [-0.25, -0.2) is 8.42 Å². The lowest BCUT2D eigenvalue weighted by Crippen LogP contribution is -2.46. The maximum atomic E-state index is 13.0. The van der Waals surface area contributed by atoms with Crippen molar-refractivity contribution < 1.29 is 18.0 Å². The Hall–Kier alpha value is -3.43. The van der Waals surface area contributed by atoms with Gasteiger partial charge in [-0.15, -0.1) is 0 Å². The summed E-state index contributed by atoms with van der Waals surface area (Å²) in [6, 6.07) is 15.4. The third kappa shape index (κ3) is 5.55. The van der Waals surface area contributed by atoms with Crippen LogP contribution in [0.25, 0.3) is 0 Å². The van der Waals surface area contributed by atoms with Crippen molar-refractivity contribution in [1.29, 1.82) is 0 Å². The smallest absolute Gasteiger partial charge is 0.261 e. The van der Waals surface area contributed by atoms with Gasteiger partial charge in [-0.05, 0) is 61.4 Å². The van der Waals surface area contributed by atoms with E-state index in [-0.39, 0.29) is 34.0 Å². The molecule has 2 N–H and O–H groups in total. The second-order valence-corrected chi connectivity index (χ2v) is 10.00. The first-order chi connectivity index (χ1) is 16.3. The van der Waals surface area contributed by atoms with Crippen molar-refractivity contribution in [1.82, 2.24) is 15.2 Å². The largest absolute Gasteiger partial charge is 0.349 e. The first kappa shape index (κ1) is 23.7. The molecule has 176 valence electrons. The van der Waals surface area contributed by atoms with E-state index in [9.17, 15) is 18.0 Å². The van der Waals surface area contributed by atoms with Gasteiger partial charge < -0.3 is 10.2 Å². The summed E-state index contributed by atoms with van der Waals surface area (Å²) in [6.45, 7) is 1.02. The lowest BCUT2D eigenvalue weighted by Gasteiger charge is -2.32. The number of sulfonamides is 1. The van der Waals surface area contributed by atoms with E-state index in [0.29, 0.717) is 36.5 Å². The van der Waals surface area contributed by atoms with Gasteiger partial charge in [-0.3, -0.25) is 19.3 Å². The van der Waals surface area contributed by atoms with Gasteiger partial charge in [0.15, 0.2) is 0 Å². The normalized spacial score (nSPS) is 14.4. The summed E-state index contributed by atoms with van der Waals surface area (Å²) in [4.78, 5) is 31.3. The molecule has 1 fully saturated rings. The summed E-state index contributed by atoms with van der Waals surface area (Å²) < 4.78 is 28.0. The Labute approximate surface area is 203 Å². The number of piperidine rings is 1. The van der Waals surface area contributed by atoms with Crippen molar-refractivity contribution in [2.75, 3.05) is 17.8 Å². The minimum absolute atomic E-state index is 0.0401. The van der Waals surface area contributed by atoms with Crippen LogP contribution >= 0.6 is 11.6 Å². The third-order valence-electron chi connectivity index (χ3n) is 5.58. The number of rotatable bonds is 6. The summed E-state index contributed by atoms with van der Waals surface area (Å²) in [5.41, 5.74) is 0.981. The van der Waals surface area contributed by atoms with Crippen molar-refractivity contribution in [3.63, 3.8) is 0 Å². The van der Waals surface area contributed by atoms with Crippen LogP contribution in [0.2, 0.25) is 5.02 Å². The number of carbonyl (C=O) groups excluding carboxylic acids is 2. The minimum atomic E-state index is -3.90. The molecule has 0 spiro atoms. The Morgan fingerprint density at radius 1 is 0.941 bits per heavy atom. The lowest BCUT2D eigenvalue weighted by atomic mass is 10.0. The molecule has 0 aliphatic carbocycles. The van der Waals surface area contributed by atoms with Crippen LogP contribution in [-0.2, 0) is 10.0 Å². The molecule has 2 aromatic carbocycles. The molecule has 4 rings (SSSR count). The number of aromatic nitrogens is 1. The van der Waals surface area contributed by atoms with E-state index in [4.69, 9.17) is 11.6 Å². The van der Waals surface area contributed by atoms with E-state index in [2.05, 4.69) is 15.0 Å². The molecule has 1 aliphatic heterocycles. The summed E-state index contributed by atoms with van der Waals surface area (Å²) in [6.07, 6.45) is 4.36. The molecule has 0 bridgehead atoms. The van der Waals surface area contributed by atoms with Crippen LogP contribution in [-0.4, -0.2) is 49.2 Å². The second kappa shape index (κ2) is 10.2. The van der Waals surface area contributed by atoms with Crippen LogP contribution in [0.5, 0.6) is 0 Å². The first-order valence-corrected chi connectivity index (χ1v) is 12.6. The molecular weight excluding hydrogens is 476 g/mol. The Morgan fingerprint density at radius 3 is 2.26 bits per heavy atom. The monoisotopic (exact) mass is 498 g/mol. The summed E-state index contributed by atoms with van der Waals surface area (Å²) >= 11 is 5.85. The average Bonchev–Trinajstić information content (AvgIpc) is 2.85. The number of hydrogen-bond acceptors (Lipinski definition) is 5. The van der Waals surface area contributed by atoms with Crippen LogP contribution in [0, 0.1) is 0 Å². The highest BCUT2D eigenvalue weighted by molar-refractivity contribution is 7.92. The molecule has 10 heteroatoms. The first-order valence-electron chi connectivity index (χ1n) is 10.7. The number of nitrogens with zero attached hydrogens (tertiary/aromatic N) is 2. The Morgan fingerprint density at radius 2 is 1.59 bits per heavy atom. The molecule has 0 atom stereocenters. The van der Waals surface area contributed by atoms with Crippen LogP contribution in [0.15, 0.2) is 78.0 Å². The zero-order chi connectivity index (χ0) is 24.1. The molecule has 34 heavy (non-hydrogen) atoms. The fourth-order valence-electron chi connectivity index (χ4n) is 3.75. The topological polar surface area (TPSA) is 108 Å². The average molecular weight is 499 g/mol. The number of benzene rings is 2. The van der Waals surface area contributed by atoms with E-state index >= 15 is 0 Å². The number of anilines is 1. The fourth-order valence-corrected chi connectivity index (χ4v) is 4.96. The van der Waals surface area contributed by atoms with Gasteiger partial charge in [0, 0.05) is 42.1 Å². The van der Waals surface area contributed by atoms with Crippen LogP contribution in [0.4, 0.5) is 5.69 Å². The van der Waals surface area contributed by atoms with Gasteiger partial charge in [0.2, 0.25) is 0 Å². The maximum absolute atomic E-state index is 13.0. The standard InChI is InChI=1S/C24H23ClN4O4S/c25-18-5-7-20(8-6-18)34(32,33)28-22-4-2-1-3-21(22)23(30)27-19-11-15-29(16-12-19)24(31)17-9-13-26-14-10-17/h1-10,13-14,19,28H,11-12,15-16H2,(H,27,30). The van der Waals surface area contributed by atoms with Gasteiger partial charge in [0.25, 0.3) is 21.8 Å². The van der Waals surface area contributed by atoms with Crippen molar-refractivity contribution in [3.05, 3.63) is 89.2 Å². The van der Waals surface area contributed by atoms with E-state index < -0.39 is 10.0 Å². The molecule has 1 aromatic heterocycles. The highest BCUT2D eigenvalue weighted by atomic mass is 35.5. The zero-order valence-corrected chi connectivity index (χ0v) is 19.7. The van der Waals surface area contributed by atoms with Crippen molar-refractivity contribution in [2.45, 2.75) is 23.8 Å². The highest BCUT2D eigenvalue weighted by Gasteiger charge is 2.26. The van der Waals surface area contributed by atoms with E-state index in [0.717, 1.165) is 0 Å². The van der Waals surface area contributed by atoms with Gasteiger partial charge in [-0.1, -0.05) is 23.7 Å². The number of likely N-dealkylation sites (tertiary alicyclic amines) is 1. The number of carbonyl (C=O) groups is 2. The highest BCUT2D eigenvalue weighted by Crippen LogP contribution is 2.22. The van der Waals surface area contributed by atoms with Crippen LogP contribution in [0.1, 0.15) is 33.6 Å². The van der Waals surface area contributed by atoms with Gasteiger partial charge >= 0.3 is 0 Å². The SMILES string of the molecule is O=C(NC1CCN(C(=O)c2ccncc2)CC1)c1ccccc1NS(=O)(=O)c1ccc(Cl)cc1. The second-order valence-electron chi connectivity index (χ2n) is 7.88. The molecule has 1 aliphatic rings. The lowest BCUT2D eigenvalue weighted by molar-refractivity contribution is 0.0698. The molecular formula is C24H23ClN4O4S. The Bertz CT molecular complexity index is 1280. The molecule has 1 saturated heterocycles. The quantitative estimate of drug-likeness (QED) is 0.540. The van der Waals surface area contributed by atoms with E-state index in [1.54, 1.807) is 53.7 Å². The van der Waals surface area contributed by atoms with Crippen molar-refractivity contribution in [2.24, 2.45) is 0 Å². The third-order valence-corrected chi connectivity index (χ3v) is 7.22. The van der Waals surface area contributed by atoms with Gasteiger partial charge in [0.05, 0.1) is 16.1 Å². The molecule has 8 nitrogen and oxygen atoms in total. The number of halogens is 1. The number of para-hydroxylation sites is 1. The predicted molar refractivity (Wildman–Crippen MR) is 129 cm³/mol. The zero-order valence-electron chi connectivity index (χ0n) is 18.1. The molecule has 0 radical (unpaired) electrons. The van der Waals surface area contributed by atoms with Crippen molar-refractivity contribution >= 4 is 39.1 Å². The minimum Gasteiger partial charge on any atom is -0.349 e. The summed E-state index contributed by atoms with van der Waals surface area (Å²) in [5.74, 6) is -0.442. The maximum Gasteiger partial charge on any atom is 0.261 e.